The van der Waals surface area contributed by atoms with Gasteiger partial charge in [-0.1, -0.05) is 50.5 Å². The molecule has 0 aliphatic heterocycles. The maximum absolute atomic E-state index is 12.3. The van der Waals surface area contributed by atoms with Crippen LogP contribution in [0.3, 0.4) is 0 Å². The van der Waals surface area contributed by atoms with E-state index in [1.54, 1.807) is 0 Å². The Kier molecular flexibility index (Phi) is 4.05. The number of nitrogens with one attached hydrogen (secondary N) is 1. The summed E-state index contributed by atoms with van der Waals surface area (Å²) < 4.78 is 0. The molecule has 0 aromatic heterocycles. The van der Waals surface area contributed by atoms with Crippen LogP contribution in [0.5, 0.6) is 0 Å². The van der Waals surface area contributed by atoms with Crippen LogP contribution in [-0.4, -0.2) is 5.91 Å². The monoisotopic (exact) mass is 245 g/mol. The summed E-state index contributed by atoms with van der Waals surface area (Å²) >= 11 is 0. The van der Waals surface area contributed by atoms with Crippen LogP contribution < -0.4 is 5.32 Å². The minimum Gasteiger partial charge on any atom is -0.352 e. The summed E-state index contributed by atoms with van der Waals surface area (Å²) in [5.74, 6) is 0.227. The summed E-state index contributed by atoms with van der Waals surface area (Å²) in [5.41, 5.74) is 2.32. The van der Waals surface area contributed by atoms with Crippen LogP contribution in [0.2, 0.25) is 0 Å². The third kappa shape index (κ3) is 2.92. The van der Waals surface area contributed by atoms with E-state index < -0.39 is 0 Å². The molecule has 1 saturated carbocycles. The van der Waals surface area contributed by atoms with E-state index in [0.29, 0.717) is 6.54 Å². The summed E-state index contributed by atoms with van der Waals surface area (Å²) in [6.45, 7) is 4.85. The fraction of sp³-hybridized carbons (Fsp3) is 0.562. The Morgan fingerprint density at radius 2 is 1.89 bits per heavy atom. The molecule has 0 radical (unpaired) electrons. The number of amides is 1. The number of benzene rings is 1. The van der Waals surface area contributed by atoms with Gasteiger partial charge in [-0.3, -0.25) is 4.79 Å². The molecule has 1 fully saturated rings. The molecule has 98 valence electrons. The van der Waals surface area contributed by atoms with Crippen molar-refractivity contribution in [1.82, 2.24) is 5.32 Å². The molecule has 1 aliphatic carbocycles. The van der Waals surface area contributed by atoms with E-state index >= 15 is 0 Å². The van der Waals surface area contributed by atoms with E-state index in [1.807, 2.05) is 12.1 Å². The molecule has 0 spiro atoms. The first-order valence-electron chi connectivity index (χ1n) is 6.95. The van der Waals surface area contributed by atoms with Crippen molar-refractivity contribution < 1.29 is 4.79 Å². The van der Waals surface area contributed by atoms with Crippen molar-refractivity contribution in [2.24, 2.45) is 5.41 Å². The lowest BCUT2D eigenvalue weighted by Crippen LogP contribution is -2.39. The molecule has 0 saturated heterocycles. The second kappa shape index (κ2) is 5.55. The van der Waals surface area contributed by atoms with E-state index in [4.69, 9.17) is 0 Å². The van der Waals surface area contributed by atoms with Gasteiger partial charge in [-0.05, 0) is 30.9 Å². The predicted molar refractivity (Wildman–Crippen MR) is 74.2 cm³/mol. The third-order valence-electron chi connectivity index (χ3n) is 4.21. The van der Waals surface area contributed by atoms with Crippen LogP contribution in [0.1, 0.15) is 50.2 Å². The molecule has 0 bridgehead atoms. The Morgan fingerprint density at radius 1 is 1.22 bits per heavy atom. The van der Waals surface area contributed by atoms with Gasteiger partial charge in [0.25, 0.3) is 0 Å². The first kappa shape index (κ1) is 13.1. The van der Waals surface area contributed by atoms with Crippen molar-refractivity contribution in [3.63, 3.8) is 0 Å². The van der Waals surface area contributed by atoms with Crippen LogP contribution in [0.15, 0.2) is 24.3 Å². The Labute approximate surface area is 110 Å². The molecule has 1 N–H and O–H groups in total. The molecule has 0 heterocycles. The topological polar surface area (TPSA) is 29.1 Å². The highest BCUT2D eigenvalue weighted by atomic mass is 16.2. The Morgan fingerprint density at radius 3 is 2.56 bits per heavy atom. The Hall–Kier alpha value is -1.31. The molecule has 2 heteroatoms. The van der Waals surface area contributed by atoms with Gasteiger partial charge in [-0.2, -0.15) is 0 Å². The zero-order valence-electron chi connectivity index (χ0n) is 11.5. The van der Waals surface area contributed by atoms with Crippen molar-refractivity contribution in [1.29, 1.82) is 0 Å². The van der Waals surface area contributed by atoms with Gasteiger partial charge in [-0.25, -0.2) is 0 Å². The maximum Gasteiger partial charge on any atom is 0.226 e. The van der Waals surface area contributed by atoms with Gasteiger partial charge in [-0.15, -0.1) is 0 Å². The van der Waals surface area contributed by atoms with Crippen LogP contribution >= 0.6 is 0 Å². The molecule has 2 rings (SSSR count). The normalized spacial score (nSPS) is 18.3. The zero-order valence-corrected chi connectivity index (χ0v) is 11.5. The average molecular weight is 245 g/mol. The van der Waals surface area contributed by atoms with Gasteiger partial charge >= 0.3 is 0 Å². The second-order valence-electron chi connectivity index (χ2n) is 5.73. The number of aryl methyl sites for hydroxylation is 1. The SMILES string of the molecule is Cc1ccccc1CNC(=O)C1(C)CCCCC1. The molecular weight excluding hydrogens is 222 g/mol. The van der Waals surface area contributed by atoms with Gasteiger partial charge in [0.05, 0.1) is 0 Å². The first-order valence-corrected chi connectivity index (χ1v) is 6.95. The fourth-order valence-electron chi connectivity index (χ4n) is 2.76. The molecule has 1 aromatic rings. The lowest BCUT2D eigenvalue weighted by atomic mass is 9.75. The maximum atomic E-state index is 12.3. The smallest absolute Gasteiger partial charge is 0.226 e. The number of carbonyl (C=O) groups excluding carboxylic acids is 1. The average Bonchev–Trinajstić information content (AvgIpc) is 2.38. The highest BCUT2D eigenvalue weighted by Gasteiger charge is 2.34. The van der Waals surface area contributed by atoms with Gasteiger partial charge in [0.2, 0.25) is 5.91 Å². The highest BCUT2D eigenvalue weighted by Crippen LogP contribution is 2.35. The lowest BCUT2D eigenvalue weighted by Gasteiger charge is -2.32. The summed E-state index contributed by atoms with van der Waals surface area (Å²) in [7, 11) is 0. The van der Waals surface area contributed by atoms with Crippen molar-refractivity contribution in [3.05, 3.63) is 35.4 Å². The predicted octanol–water partition coefficient (Wildman–Crippen LogP) is 3.58. The largest absolute Gasteiger partial charge is 0.352 e. The van der Waals surface area contributed by atoms with Gasteiger partial charge < -0.3 is 5.32 Å². The Bertz CT molecular complexity index is 419. The molecular formula is C16H23NO. The molecule has 1 aliphatic rings. The number of hydrogen-bond acceptors (Lipinski definition) is 1. The standard InChI is InChI=1S/C16H23NO/c1-13-8-4-5-9-14(13)12-17-15(18)16(2)10-6-3-7-11-16/h4-5,8-9H,3,6-7,10-12H2,1-2H3,(H,17,18). The van der Waals surface area contributed by atoms with Gasteiger partial charge in [0, 0.05) is 12.0 Å². The highest BCUT2D eigenvalue weighted by molar-refractivity contribution is 5.82. The van der Waals surface area contributed by atoms with E-state index in [-0.39, 0.29) is 11.3 Å². The number of rotatable bonds is 3. The van der Waals surface area contributed by atoms with Crippen LogP contribution in [0, 0.1) is 12.3 Å². The molecule has 1 amide bonds. The fourth-order valence-corrected chi connectivity index (χ4v) is 2.76. The van der Waals surface area contributed by atoms with Crippen molar-refractivity contribution in [2.45, 2.75) is 52.5 Å². The summed E-state index contributed by atoms with van der Waals surface area (Å²) in [6, 6.07) is 8.22. The zero-order chi connectivity index (χ0) is 13.0. The molecule has 1 aromatic carbocycles. The third-order valence-corrected chi connectivity index (χ3v) is 4.21. The van der Waals surface area contributed by atoms with E-state index in [2.05, 4.69) is 31.3 Å². The molecule has 0 unspecified atom stereocenters. The quantitative estimate of drug-likeness (QED) is 0.866. The van der Waals surface area contributed by atoms with Crippen molar-refractivity contribution >= 4 is 5.91 Å². The number of hydrogen-bond donors (Lipinski definition) is 1. The van der Waals surface area contributed by atoms with Crippen LogP contribution in [-0.2, 0) is 11.3 Å². The van der Waals surface area contributed by atoms with Crippen molar-refractivity contribution in [2.75, 3.05) is 0 Å². The van der Waals surface area contributed by atoms with E-state index in [9.17, 15) is 4.79 Å². The summed E-state index contributed by atoms with van der Waals surface area (Å²) in [4.78, 5) is 12.3. The van der Waals surface area contributed by atoms with Crippen molar-refractivity contribution in [3.8, 4) is 0 Å². The van der Waals surface area contributed by atoms with E-state index in [0.717, 1.165) is 12.8 Å². The van der Waals surface area contributed by atoms with E-state index in [1.165, 1.54) is 30.4 Å². The van der Waals surface area contributed by atoms with Gasteiger partial charge in [0.1, 0.15) is 0 Å². The lowest BCUT2D eigenvalue weighted by molar-refractivity contribution is -0.132. The Balaban J connectivity index is 1.94. The van der Waals surface area contributed by atoms with Crippen LogP contribution in [0.25, 0.3) is 0 Å². The first-order chi connectivity index (χ1) is 8.62. The molecule has 0 atom stereocenters. The summed E-state index contributed by atoms with van der Waals surface area (Å²) in [6.07, 6.45) is 5.72. The van der Waals surface area contributed by atoms with Crippen LogP contribution in [0.4, 0.5) is 0 Å². The second-order valence-corrected chi connectivity index (χ2v) is 5.73. The minimum absolute atomic E-state index is 0.138. The minimum atomic E-state index is -0.138. The summed E-state index contributed by atoms with van der Waals surface area (Å²) in [5, 5.41) is 3.11. The molecule has 18 heavy (non-hydrogen) atoms. The molecule has 2 nitrogen and oxygen atoms in total. The van der Waals surface area contributed by atoms with Gasteiger partial charge in [0.15, 0.2) is 0 Å². The number of carbonyl (C=O) groups is 1.